The summed E-state index contributed by atoms with van der Waals surface area (Å²) in [5, 5.41) is 4.96. The first-order chi connectivity index (χ1) is 8.80. The van der Waals surface area contributed by atoms with Gasteiger partial charge in [-0.25, -0.2) is 8.42 Å². The Labute approximate surface area is 109 Å². The van der Waals surface area contributed by atoms with Gasteiger partial charge in [0, 0.05) is 0 Å². The van der Waals surface area contributed by atoms with Gasteiger partial charge in [-0.05, 0) is 26.1 Å². The molecule has 1 aromatic rings. The van der Waals surface area contributed by atoms with E-state index in [0.717, 1.165) is 6.07 Å². The number of halogens is 2. The second-order valence-electron chi connectivity index (χ2n) is 3.80. The number of anilines is 1. The van der Waals surface area contributed by atoms with E-state index in [1.54, 1.807) is 14.0 Å². The maximum absolute atomic E-state index is 12.5. The normalized spacial score (nSPS) is 13.3. The average Bonchev–Trinajstić information content (AvgIpc) is 2.37. The fraction of sp³-hybridized carbons (Fsp3) is 0.364. The van der Waals surface area contributed by atoms with Gasteiger partial charge < -0.3 is 10.6 Å². The van der Waals surface area contributed by atoms with E-state index in [4.69, 9.17) is 0 Å². The highest BCUT2D eigenvalue weighted by Crippen LogP contribution is 2.26. The molecule has 1 unspecified atom stereocenters. The Morgan fingerprint density at radius 3 is 2.37 bits per heavy atom. The molecule has 0 heterocycles. The lowest BCUT2D eigenvalue weighted by molar-refractivity contribution is -0.117. The van der Waals surface area contributed by atoms with Crippen molar-refractivity contribution in [2.45, 2.75) is 23.6 Å². The molecule has 0 radical (unpaired) electrons. The van der Waals surface area contributed by atoms with Crippen LogP contribution in [-0.4, -0.2) is 33.2 Å². The molecular weight excluding hydrogens is 278 g/mol. The van der Waals surface area contributed by atoms with E-state index in [2.05, 4.69) is 10.6 Å². The lowest BCUT2D eigenvalue weighted by atomic mass is 10.2. The lowest BCUT2D eigenvalue weighted by Gasteiger charge is -2.14. The number of carbonyl (C=O) groups excluding carboxylic acids is 1. The summed E-state index contributed by atoms with van der Waals surface area (Å²) in [5.41, 5.74) is -0.157. The summed E-state index contributed by atoms with van der Waals surface area (Å²) in [7, 11) is -3.21. The minimum atomic E-state index is -4.75. The van der Waals surface area contributed by atoms with Crippen LogP contribution in [0.5, 0.6) is 0 Å². The van der Waals surface area contributed by atoms with Crippen molar-refractivity contribution >= 4 is 21.4 Å². The third-order valence-corrected chi connectivity index (χ3v) is 3.95. The number of likely N-dealkylation sites (N-methyl/N-ethyl adjacent to an activating group) is 1. The van der Waals surface area contributed by atoms with Crippen LogP contribution in [0.15, 0.2) is 29.2 Å². The number of nitrogens with one attached hydrogen (secondary N) is 2. The van der Waals surface area contributed by atoms with Gasteiger partial charge >= 0.3 is 5.76 Å². The molecule has 1 atom stereocenters. The summed E-state index contributed by atoms with van der Waals surface area (Å²) in [4.78, 5) is 11.0. The van der Waals surface area contributed by atoms with Crippen LogP contribution < -0.4 is 10.6 Å². The topological polar surface area (TPSA) is 75.3 Å². The van der Waals surface area contributed by atoms with Crippen molar-refractivity contribution in [2.75, 3.05) is 12.4 Å². The van der Waals surface area contributed by atoms with Crippen LogP contribution in [0.1, 0.15) is 6.92 Å². The van der Waals surface area contributed by atoms with Gasteiger partial charge in [-0.15, -0.1) is 0 Å². The monoisotopic (exact) mass is 292 g/mol. The Morgan fingerprint density at radius 2 is 1.84 bits per heavy atom. The van der Waals surface area contributed by atoms with Gasteiger partial charge in [-0.1, -0.05) is 12.1 Å². The maximum atomic E-state index is 12.5. The number of sulfone groups is 1. The minimum Gasteiger partial charge on any atom is -0.324 e. The van der Waals surface area contributed by atoms with E-state index in [-0.39, 0.29) is 5.69 Å². The zero-order chi connectivity index (χ0) is 14.6. The van der Waals surface area contributed by atoms with E-state index in [0.29, 0.717) is 0 Å². The van der Waals surface area contributed by atoms with Gasteiger partial charge in [0.25, 0.3) is 0 Å². The molecule has 0 saturated carbocycles. The third kappa shape index (κ3) is 3.48. The first-order valence-corrected chi connectivity index (χ1v) is 6.94. The highest BCUT2D eigenvalue weighted by atomic mass is 32.2. The van der Waals surface area contributed by atoms with Crippen LogP contribution >= 0.6 is 0 Å². The molecule has 0 spiro atoms. The fourth-order valence-corrected chi connectivity index (χ4v) is 2.17. The summed E-state index contributed by atoms with van der Waals surface area (Å²) < 4.78 is 48.0. The Hall–Kier alpha value is -1.54. The van der Waals surface area contributed by atoms with Crippen molar-refractivity contribution in [3.8, 4) is 0 Å². The number of benzene rings is 1. The van der Waals surface area contributed by atoms with E-state index in [1.807, 2.05) is 0 Å². The molecule has 0 aliphatic carbocycles. The second kappa shape index (κ2) is 6.07. The van der Waals surface area contributed by atoms with Crippen LogP contribution in [0.4, 0.5) is 14.5 Å². The largest absolute Gasteiger partial charge is 0.341 e. The number of hydrogen-bond acceptors (Lipinski definition) is 4. The van der Waals surface area contributed by atoms with Gasteiger partial charge in [-0.2, -0.15) is 8.78 Å². The molecule has 106 valence electrons. The standard InChI is InChI=1S/C11H14F2N2O3S/c1-7(14-2)10(16)15-8-5-3-4-6-9(8)19(17,18)11(12)13/h3-7,11,14H,1-2H3,(H,15,16). The van der Waals surface area contributed by atoms with Crippen LogP contribution in [0.25, 0.3) is 0 Å². The molecule has 2 N–H and O–H groups in total. The number of alkyl halides is 2. The zero-order valence-corrected chi connectivity index (χ0v) is 11.2. The molecule has 5 nitrogen and oxygen atoms in total. The molecule has 0 aromatic heterocycles. The molecule has 0 aliphatic heterocycles. The molecular formula is C11H14F2N2O3S. The smallest absolute Gasteiger partial charge is 0.324 e. The molecule has 0 fully saturated rings. The summed E-state index contributed by atoms with van der Waals surface area (Å²) in [5.74, 6) is -4.05. The molecule has 0 aliphatic rings. The van der Waals surface area contributed by atoms with E-state index >= 15 is 0 Å². The first-order valence-electron chi connectivity index (χ1n) is 5.40. The lowest BCUT2D eigenvalue weighted by Crippen LogP contribution is -2.35. The van der Waals surface area contributed by atoms with Crippen molar-refractivity contribution < 1.29 is 22.0 Å². The van der Waals surface area contributed by atoms with Crippen LogP contribution in [0.2, 0.25) is 0 Å². The zero-order valence-electron chi connectivity index (χ0n) is 10.4. The van der Waals surface area contributed by atoms with Gasteiger partial charge in [0.05, 0.1) is 16.6 Å². The summed E-state index contributed by atoms with van der Waals surface area (Å²) >= 11 is 0. The summed E-state index contributed by atoms with van der Waals surface area (Å²) in [6.45, 7) is 1.56. The molecule has 1 rings (SSSR count). The average molecular weight is 292 g/mol. The predicted molar refractivity (Wildman–Crippen MR) is 66.8 cm³/mol. The fourth-order valence-electron chi connectivity index (χ4n) is 1.29. The molecule has 0 bridgehead atoms. The highest BCUT2D eigenvalue weighted by Gasteiger charge is 2.29. The van der Waals surface area contributed by atoms with E-state index < -0.39 is 32.4 Å². The second-order valence-corrected chi connectivity index (χ2v) is 5.69. The van der Waals surface area contributed by atoms with Crippen molar-refractivity contribution in [2.24, 2.45) is 0 Å². The Bertz CT molecular complexity index is 561. The number of carbonyl (C=O) groups is 1. The predicted octanol–water partition coefficient (Wildman–Crippen LogP) is 1.23. The number of amides is 1. The van der Waals surface area contributed by atoms with Crippen molar-refractivity contribution in [3.63, 3.8) is 0 Å². The molecule has 1 aromatic carbocycles. The van der Waals surface area contributed by atoms with Gasteiger partial charge in [0.1, 0.15) is 0 Å². The van der Waals surface area contributed by atoms with Crippen LogP contribution in [0.3, 0.4) is 0 Å². The Morgan fingerprint density at radius 1 is 1.26 bits per heavy atom. The summed E-state index contributed by atoms with van der Waals surface area (Å²) in [6, 6.07) is 4.47. The molecule has 8 heteroatoms. The third-order valence-electron chi connectivity index (χ3n) is 2.51. The number of para-hydroxylation sites is 1. The SMILES string of the molecule is CNC(C)C(=O)Nc1ccccc1S(=O)(=O)C(F)F. The van der Waals surface area contributed by atoms with Crippen molar-refractivity contribution in [3.05, 3.63) is 24.3 Å². The van der Waals surface area contributed by atoms with E-state index in [9.17, 15) is 22.0 Å². The highest BCUT2D eigenvalue weighted by molar-refractivity contribution is 7.91. The number of hydrogen-bond donors (Lipinski definition) is 2. The molecule has 0 saturated heterocycles. The van der Waals surface area contributed by atoms with Crippen LogP contribution in [-0.2, 0) is 14.6 Å². The van der Waals surface area contributed by atoms with E-state index in [1.165, 1.54) is 18.2 Å². The first kappa shape index (κ1) is 15.5. The van der Waals surface area contributed by atoms with Crippen molar-refractivity contribution in [1.82, 2.24) is 5.32 Å². The Kier molecular flexibility index (Phi) is 4.96. The Balaban J connectivity index is 3.14. The van der Waals surface area contributed by atoms with Gasteiger partial charge in [0.15, 0.2) is 0 Å². The quantitative estimate of drug-likeness (QED) is 0.856. The van der Waals surface area contributed by atoms with Crippen molar-refractivity contribution in [1.29, 1.82) is 0 Å². The van der Waals surface area contributed by atoms with Gasteiger partial charge in [-0.3, -0.25) is 4.79 Å². The molecule has 19 heavy (non-hydrogen) atoms. The summed E-state index contributed by atoms with van der Waals surface area (Å²) in [6.07, 6.45) is 0. The number of rotatable bonds is 5. The minimum absolute atomic E-state index is 0.157. The van der Waals surface area contributed by atoms with Gasteiger partial charge in [0.2, 0.25) is 15.7 Å². The maximum Gasteiger partial charge on any atom is 0.341 e. The molecule has 1 amide bonds. The van der Waals surface area contributed by atoms with Crippen LogP contribution in [0, 0.1) is 0 Å².